The Morgan fingerprint density at radius 1 is 1.15 bits per heavy atom. The van der Waals surface area contributed by atoms with Crippen LogP contribution in [0.15, 0.2) is 36.4 Å². The Hall–Kier alpha value is -1.94. The number of halogens is 1. The van der Waals surface area contributed by atoms with Crippen LogP contribution in [-0.4, -0.2) is 4.99 Å². The van der Waals surface area contributed by atoms with E-state index in [9.17, 15) is 4.39 Å². The second kappa shape index (κ2) is 6.01. The maximum absolute atomic E-state index is 13.7. The lowest BCUT2D eigenvalue weighted by Gasteiger charge is -2.09. The van der Waals surface area contributed by atoms with Crippen molar-refractivity contribution < 1.29 is 9.13 Å². The monoisotopic (exact) mass is 289 g/mol. The zero-order valence-corrected chi connectivity index (χ0v) is 12.3. The minimum Gasteiger partial charge on any atom is -0.489 e. The molecule has 4 heteroatoms. The molecule has 0 aromatic heterocycles. The van der Waals surface area contributed by atoms with Crippen molar-refractivity contribution in [1.29, 1.82) is 0 Å². The van der Waals surface area contributed by atoms with Gasteiger partial charge in [-0.15, -0.1) is 0 Å². The van der Waals surface area contributed by atoms with Gasteiger partial charge in [0.2, 0.25) is 0 Å². The molecule has 0 bridgehead atoms. The van der Waals surface area contributed by atoms with Crippen LogP contribution in [0.25, 0.3) is 0 Å². The Morgan fingerprint density at radius 2 is 1.90 bits per heavy atom. The molecule has 0 saturated heterocycles. The fourth-order valence-electron chi connectivity index (χ4n) is 1.85. The lowest BCUT2D eigenvalue weighted by atomic mass is 10.1. The van der Waals surface area contributed by atoms with Gasteiger partial charge in [0.25, 0.3) is 0 Å². The molecule has 0 atom stereocenters. The summed E-state index contributed by atoms with van der Waals surface area (Å²) < 4.78 is 19.3. The Balaban J connectivity index is 2.09. The molecule has 0 aliphatic rings. The van der Waals surface area contributed by atoms with Gasteiger partial charge in [0.15, 0.2) is 0 Å². The highest BCUT2D eigenvalue weighted by Gasteiger charge is 2.07. The third kappa shape index (κ3) is 3.33. The van der Waals surface area contributed by atoms with Crippen LogP contribution in [0, 0.1) is 19.7 Å². The van der Waals surface area contributed by atoms with Crippen molar-refractivity contribution >= 4 is 17.2 Å². The first-order valence-corrected chi connectivity index (χ1v) is 6.66. The Labute approximate surface area is 123 Å². The molecule has 0 amide bonds. The second-order valence-electron chi connectivity index (χ2n) is 4.71. The van der Waals surface area contributed by atoms with E-state index in [4.69, 9.17) is 22.7 Å². The van der Waals surface area contributed by atoms with Crippen LogP contribution in [0.3, 0.4) is 0 Å². The van der Waals surface area contributed by atoms with Crippen LogP contribution in [0.1, 0.15) is 22.3 Å². The number of nitrogens with two attached hydrogens (primary N) is 1. The molecule has 0 saturated carbocycles. The van der Waals surface area contributed by atoms with Gasteiger partial charge < -0.3 is 10.5 Å². The normalized spacial score (nSPS) is 10.3. The summed E-state index contributed by atoms with van der Waals surface area (Å²) in [7, 11) is 0. The molecule has 0 radical (unpaired) electrons. The van der Waals surface area contributed by atoms with Gasteiger partial charge in [0.05, 0.1) is 0 Å². The Bertz CT molecular complexity index is 655. The van der Waals surface area contributed by atoms with Gasteiger partial charge in [-0.2, -0.15) is 0 Å². The minimum absolute atomic E-state index is 0.0446. The summed E-state index contributed by atoms with van der Waals surface area (Å²) in [4.78, 5) is 0.0446. The first-order chi connectivity index (χ1) is 9.47. The SMILES string of the molecule is Cc1ccc(COc2ccc(C(N)=S)c(F)c2)cc1C. The molecule has 2 rings (SSSR count). The summed E-state index contributed by atoms with van der Waals surface area (Å²) in [6.45, 7) is 4.51. The van der Waals surface area contributed by atoms with Gasteiger partial charge in [-0.3, -0.25) is 0 Å². The average molecular weight is 289 g/mol. The maximum atomic E-state index is 13.7. The van der Waals surface area contributed by atoms with E-state index in [1.165, 1.54) is 23.3 Å². The fraction of sp³-hybridized carbons (Fsp3) is 0.188. The van der Waals surface area contributed by atoms with Crippen molar-refractivity contribution in [1.82, 2.24) is 0 Å². The molecule has 0 unspecified atom stereocenters. The summed E-state index contributed by atoms with van der Waals surface area (Å²) in [5, 5.41) is 0. The number of ether oxygens (including phenoxy) is 1. The third-order valence-corrected chi connectivity index (χ3v) is 3.40. The molecule has 2 aromatic rings. The summed E-state index contributed by atoms with van der Waals surface area (Å²) in [6.07, 6.45) is 0. The zero-order valence-electron chi connectivity index (χ0n) is 11.4. The smallest absolute Gasteiger partial charge is 0.137 e. The molecule has 0 aliphatic heterocycles. The van der Waals surface area contributed by atoms with E-state index in [2.05, 4.69) is 19.9 Å². The molecule has 20 heavy (non-hydrogen) atoms. The van der Waals surface area contributed by atoms with Gasteiger partial charge in [-0.05, 0) is 42.7 Å². The van der Waals surface area contributed by atoms with E-state index in [0.717, 1.165) is 5.56 Å². The van der Waals surface area contributed by atoms with E-state index in [0.29, 0.717) is 12.4 Å². The van der Waals surface area contributed by atoms with Crippen molar-refractivity contribution in [2.45, 2.75) is 20.5 Å². The van der Waals surface area contributed by atoms with Gasteiger partial charge in [0, 0.05) is 11.6 Å². The van der Waals surface area contributed by atoms with E-state index in [1.54, 1.807) is 6.07 Å². The standard InChI is InChI=1S/C16H16FNOS/c1-10-3-4-12(7-11(10)2)9-19-13-5-6-14(16(18)20)15(17)8-13/h3-8H,9H2,1-2H3,(H2,18,20). The Kier molecular flexibility index (Phi) is 4.35. The molecular formula is C16H16FNOS. The summed E-state index contributed by atoms with van der Waals surface area (Å²) in [5.41, 5.74) is 9.14. The molecule has 0 spiro atoms. The number of hydrogen-bond acceptors (Lipinski definition) is 2. The summed E-state index contributed by atoms with van der Waals surface area (Å²) in [6, 6.07) is 10.6. The van der Waals surface area contributed by atoms with Crippen LogP contribution >= 0.6 is 12.2 Å². The first-order valence-electron chi connectivity index (χ1n) is 6.25. The molecule has 2 aromatic carbocycles. The topological polar surface area (TPSA) is 35.2 Å². The highest BCUT2D eigenvalue weighted by molar-refractivity contribution is 7.80. The summed E-state index contributed by atoms with van der Waals surface area (Å²) >= 11 is 4.76. The van der Waals surface area contributed by atoms with Gasteiger partial charge >= 0.3 is 0 Å². The molecule has 0 aliphatic carbocycles. The van der Waals surface area contributed by atoms with Crippen molar-refractivity contribution in [3.63, 3.8) is 0 Å². The fourth-order valence-corrected chi connectivity index (χ4v) is 2.01. The van der Waals surface area contributed by atoms with E-state index >= 15 is 0 Å². The van der Waals surface area contributed by atoms with Gasteiger partial charge in [-0.1, -0.05) is 30.4 Å². The maximum Gasteiger partial charge on any atom is 0.137 e. The molecular weight excluding hydrogens is 273 g/mol. The minimum atomic E-state index is -0.463. The quantitative estimate of drug-likeness (QED) is 0.873. The van der Waals surface area contributed by atoms with Gasteiger partial charge in [0.1, 0.15) is 23.2 Å². The first kappa shape index (κ1) is 14.5. The van der Waals surface area contributed by atoms with E-state index in [-0.39, 0.29) is 10.6 Å². The predicted molar refractivity (Wildman–Crippen MR) is 82.5 cm³/mol. The van der Waals surface area contributed by atoms with Crippen LogP contribution in [0.4, 0.5) is 4.39 Å². The number of benzene rings is 2. The molecule has 104 valence electrons. The molecule has 0 heterocycles. The van der Waals surface area contributed by atoms with Crippen molar-refractivity contribution in [2.75, 3.05) is 0 Å². The molecule has 0 fully saturated rings. The van der Waals surface area contributed by atoms with Crippen LogP contribution in [0.2, 0.25) is 0 Å². The number of aryl methyl sites for hydroxylation is 2. The van der Waals surface area contributed by atoms with E-state index < -0.39 is 5.82 Å². The van der Waals surface area contributed by atoms with Gasteiger partial charge in [-0.25, -0.2) is 4.39 Å². The van der Waals surface area contributed by atoms with Crippen molar-refractivity contribution in [3.8, 4) is 5.75 Å². The van der Waals surface area contributed by atoms with Crippen LogP contribution in [-0.2, 0) is 6.61 Å². The highest BCUT2D eigenvalue weighted by Crippen LogP contribution is 2.18. The average Bonchev–Trinajstić information content (AvgIpc) is 2.40. The number of thiocarbonyl (C=S) groups is 1. The molecule has 2 N–H and O–H groups in total. The zero-order chi connectivity index (χ0) is 14.7. The Morgan fingerprint density at radius 3 is 2.50 bits per heavy atom. The lowest BCUT2D eigenvalue weighted by Crippen LogP contribution is -2.11. The number of rotatable bonds is 4. The molecule has 2 nitrogen and oxygen atoms in total. The largest absolute Gasteiger partial charge is 0.489 e. The summed E-state index contributed by atoms with van der Waals surface area (Å²) in [5.74, 6) is -0.00388. The lowest BCUT2D eigenvalue weighted by molar-refractivity contribution is 0.304. The third-order valence-electron chi connectivity index (χ3n) is 3.18. The number of hydrogen-bond donors (Lipinski definition) is 1. The highest BCUT2D eigenvalue weighted by atomic mass is 32.1. The van der Waals surface area contributed by atoms with Crippen molar-refractivity contribution in [3.05, 3.63) is 64.5 Å². The second-order valence-corrected chi connectivity index (χ2v) is 5.15. The van der Waals surface area contributed by atoms with Crippen LogP contribution < -0.4 is 10.5 Å². The van der Waals surface area contributed by atoms with E-state index in [1.807, 2.05) is 12.1 Å². The van der Waals surface area contributed by atoms with Crippen molar-refractivity contribution in [2.24, 2.45) is 5.73 Å². The predicted octanol–water partition coefficient (Wildman–Crippen LogP) is 3.66. The van der Waals surface area contributed by atoms with Crippen LogP contribution in [0.5, 0.6) is 5.75 Å².